The SMILES string of the molecule is CCN1CCOC(CNC(=O)c2ccccc2OC)C1. The minimum absolute atomic E-state index is 0.0577. The van der Waals surface area contributed by atoms with E-state index >= 15 is 0 Å². The normalized spacial score (nSPS) is 19.6. The predicted molar refractivity (Wildman–Crippen MR) is 77.2 cm³/mol. The highest BCUT2D eigenvalue weighted by Gasteiger charge is 2.20. The van der Waals surface area contributed by atoms with Crippen LogP contribution in [0.2, 0.25) is 0 Å². The van der Waals surface area contributed by atoms with Crippen LogP contribution >= 0.6 is 0 Å². The van der Waals surface area contributed by atoms with Crippen molar-refractivity contribution in [2.45, 2.75) is 13.0 Å². The molecule has 0 saturated carbocycles. The number of benzene rings is 1. The molecule has 2 rings (SSSR count). The highest BCUT2D eigenvalue weighted by Crippen LogP contribution is 2.16. The number of carbonyl (C=O) groups excluding carboxylic acids is 1. The summed E-state index contributed by atoms with van der Waals surface area (Å²) in [5, 5.41) is 2.92. The van der Waals surface area contributed by atoms with Crippen molar-refractivity contribution in [1.29, 1.82) is 0 Å². The molecule has 0 bridgehead atoms. The number of rotatable bonds is 5. The number of ether oxygens (including phenoxy) is 2. The molecule has 1 saturated heterocycles. The molecular weight excluding hydrogens is 256 g/mol. The summed E-state index contributed by atoms with van der Waals surface area (Å²) in [6.07, 6.45) is 0.0577. The highest BCUT2D eigenvalue weighted by atomic mass is 16.5. The first-order valence-electron chi connectivity index (χ1n) is 6.99. The number of para-hydroxylation sites is 1. The van der Waals surface area contributed by atoms with E-state index in [4.69, 9.17) is 9.47 Å². The predicted octanol–water partition coefficient (Wildman–Crippen LogP) is 1.15. The van der Waals surface area contributed by atoms with E-state index in [1.807, 2.05) is 12.1 Å². The van der Waals surface area contributed by atoms with Gasteiger partial charge in [0.05, 0.1) is 25.4 Å². The van der Waals surface area contributed by atoms with Crippen LogP contribution in [-0.4, -0.2) is 56.8 Å². The molecule has 0 spiro atoms. The molecule has 1 aromatic carbocycles. The molecule has 1 aliphatic heterocycles. The molecule has 110 valence electrons. The smallest absolute Gasteiger partial charge is 0.255 e. The Kier molecular flexibility index (Phi) is 5.38. The molecule has 5 heteroatoms. The maximum absolute atomic E-state index is 12.2. The summed E-state index contributed by atoms with van der Waals surface area (Å²) < 4.78 is 10.9. The van der Waals surface area contributed by atoms with E-state index in [1.54, 1.807) is 19.2 Å². The van der Waals surface area contributed by atoms with Crippen LogP contribution in [0.5, 0.6) is 5.75 Å². The topological polar surface area (TPSA) is 50.8 Å². The molecule has 1 atom stereocenters. The van der Waals surface area contributed by atoms with Crippen molar-refractivity contribution in [3.63, 3.8) is 0 Å². The summed E-state index contributed by atoms with van der Waals surface area (Å²) in [6.45, 7) is 6.22. The first-order chi connectivity index (χ1) is 9.74. The van der Waals surface area contributed by atoms with Gasteiger partial charge in [0, 0.05) is 19.6 Å². The van der Waals surface area contributed by atoms with Crippen molar-refractivity contribution in [1.82, 2.24) is 10.2 Å². The molecule has 0 aliphatic carbocycles. The van der Waals surface area contributed by atoms with Gasteiger partial charge < -0.3 is 14.8 Å². The van der Waals surface area contributed by atoms with Crippen LogP contribution in [0.25, 0.3) is 0 Å². The van der Waals surface area contributed by atoms with E-state index in [0.717, 1.165) is 26.2 Å². The Balaban J connectivity index is 1.88. The number of nitrogens with one attached hydrogen (secondary N) is 1. The molecule has 0 radical (unpaired) electrons. The van der Waals surface area contributed by atoms with Crippen LogP contribution in [0.4, 0.5) is 0 Å². The Hall–Kier alpha value is -1.59. The van der Waals surface area contributed by atoms with Gasteiger partial charge in [0.15, 0.2) is 0 Å². The van der Waals surface area contributed by atoms with Crippen molar-refractivity contribution in [3.8, 4) is 5.75 Å². The van der Waals surface area contributed by atoms with E-state index in [-0.39, 0.29) is 12.0 Å². The van der Waals surface area contributed by atoms with Crippen LogP contribution in [0, 0.1) is 0 Å². The van der Waals surface area contributed by atoms with E-state index in [9.17, 15) is 4.79 Å². The summed E-state index contributed by atoms with van der Waals surface area (Å²) in [5.74, 6) is 0.462. The van der Waals surface area contributed by atoms with Crippen LogP contribution in [0.1, 0.15) is 17.3 Å². The maximum atomic E-state index is 12.2. The Morgan fingerprint density at radius 3 is 3.05 bits per heavy atom. The quantitative estimate of drug-likeness (QED) is 0.877. The summed E-state index contributed by atoms with van der Waals surface area (Å²) in [7, 11) is 1.56. The van der Waals surface area contributed by atoms with Crippen LogP contribution < -0.4 is 10.1 Å². The number of hydrogen-bond donors (Lipinski definition) is 1. The molecule has 1 aliphatic rings. The van der Waals surface area contributed by atoms with Gasteiger partial charge in [0.25, 0.3) is 5.91 Å². The molecule has 1 unspecified atom stereocenters. The fourth-order valence-corrected chi connectivity index (χ4v) is 2.33. The lowest BCUT2D eigenvalue weighted by Crippen LogP contribution is -2.47. The molecular formula is C15H22N2O3. The van der Waals surface area contributed by atoms with Crippen molar-refractivity contribution in [3.05, 3.63) is 29.8 Å². The Morgan fingerprint density at radius 1 is 1.50 bits per heavy atom. The molecule has 1 amide bonds. The maximum Gasteiger partial charge on any atom is 0.255 e. The molecule has 20 heavy (non-hydrogen) atoms. The number of nitrogens with zero attached hydrogens (tertiary/aromatic N) is 1. The van der Waals surface area contributed by atoms with Gasteiger partial charge in [0.2, 0.25) is 0 Å². The Bertz CT molecular complexity index is 450. The van der Waals surface area contributed by atoms with E-state index in [2.05, 4.69) is 17.1 Å². The van der Waals surface area contributed by atoms with Crippen LogP contribution in [0.3, 0.4) is 0 Å². The van der Waals surface area contributed by atoms with Crippen LogP contribution in [0.15, 0.2) is 24.3 Å². The largest absolute Gasteiger partial charge is 0.496 e. The van der Waals surface area contributed by atoms with Crippen molar-refractivity contribution < 1.29 is 14.3 Å². The summed E-state index contributed by atoms with van der Waals surface area (Å²) in [5.41, 5.74) is 0.554. The van der Waals surface area contributed by atoms with Gasteiger partial charge in [-0.1, -0.05) is 19.1 Å². The zero-order valence-corrected chi connectivity index (χ0v) is 12.1. The molecule has 1 fully saturated rings. The minimum Gasteiger partial charge on any atom is -0.496 e. The molecule has 1 N–H and O–H groups in total. The third-order valence-corrected chi connectivity index (χ3v) is 3.51. The second-order valence-corrected chi connectivity index (χ2v) is 4.80. The fraction of sp³-hybridized carbons (Fsp3) is 0.533. The summed E-state index contributed by atoms with van der Waals surface area (Å²) in [4.78, 5) is 14.5. The molecule has 1 heterocycles. The second-order valence-electron chi connectivity index (χ2n) is 4.80. The summed E-state index contributed by atoms with van der Waals surface area (Å²) >= 11 is 0. The zero-order chi connectivity index (χ0) is 14.4. The van der Waals surface area contributed by atoms with Crippen molar-refractivity contribution in [2.75, 3.05) is 39.9 Å². The lowest BCUT2D eigenvalue weighted by atomic mass is 10.2. The lowest BCUT2D eigenvalue weighted by Gasteiger charge is -2.32. The van der Waals surface area contributed by atoms with Crippen molar-refractivity contribution in [2.24, 2.45) is 0 Å². The minimum atomic E-state index is -0.125. The average Bonchev–Trinajstić information content (AvgIpc) is 2.52. The number of hydrogen-bond acceptors (Lipinski definition) is 4. The average molecular weight is 278 g/mol. The number of morpholine rings is 1. The van der Waals surface area contributed by atoms with Gasteiger partial charge in [-0.25, -0.2) is 0 Å². The standard InChI is InChI=1S/C15H22N2O3/c1-3-17-8-9-20-12(11-17)10-16-15(18)13-6-4-5-7-14(13)19-2/h4-7,12H,3,8-11H2,1-2H3,(H,16,18). The monoisotopic (exact) mass is 278 g/mol. The van der Waals surface area contributed by atoms with Gasteiger partial charge in [-0.3, -0.25) is 9.69 Å². The van der Waals surface area contributed by atoms with Gasteiger partial charge in [-0.2, -0.15) is 0 Å². The van der Waals surface area contributed by atoms with E-state index < -0.39 is 0 Å². The highest BCUT2D eigenvalue weighted by molar-refractivity contribution is 5.96. The second kappa shape index (κ2) is 7.26. The number of carbonyl (C=O) groups is 1. The summed E-state index contributed by atoms with van der Waals surface area (Å²) in [6, 6.07) is 7.21. The van der Waals surface area contributed by atoms with Gasteiger partial charge in [-0.05, 0) is 18.7 Å². The molecule has 1 aromatic rings. The van der Waals surface area contributed by atoms with Gasteiger partial charge >= 0.3 is 0 Å². The fourth-order valence-electron chi connectivity index (χ4n) is 2.33. The third kappa shape index (κ3) is 3.71. The van der Waals surface area contributed by atoms with Gasteiger partial charge in [-0.15, -0.1) is 0 Å². The van der Waals surface area contributed by atoms with E-state index in [0.29, 0.717) is 17.9 Å². The van der Waals surface area contributed by atoms with Crippen molar-refractivity contribution >= 4 is 5.91 Å². The number of likely N-dealkylation sites (N-methyl/N-ethyl adjacent to an activating group) is 1. The molecule has 5 nitrogen and oxygen atoms in total. The Morgan fingerprint density at radius 2 is 2.30 bits per heavy atom. The Labute approximate surface area is 119 Å². The number of methoxy groups -OCH3 is 1. The van der Waals surface area contributed by atoms with E-state index in [1.165, 1.54) is 0 Å². The first-order valence-corrected chi connectivity index (χ1v) is 6.99. The number of amides is 1. The molecule has 0 aromatic heterocycles. The zero-order valence-electron chi connectivity index (χ0n) is 12.1. The van der Waals surface area contributed by atoms with Gasteiger partial charge in [0.1, 0.15) is 5.75 Å². The third-order valence-electron chi connectivity index (χ3n) is 3.51. The first kappa shape index (κ1) is 14.8. The van der Waals surface area contributed by atoms with Crippen LogP contribution in [-0.2, 0) is 4.74 Å². The lowest BCUT2D eigenvalue weighted by molar-refractivity contribution is -0.0246.